The van der Waals surface area contributed by atoms with Crippen LogP contribution < -0.4 is 25.7 Å². The van der Waals surface area contributed by atoms with E-state index in [2.05, 4.69) is 4.99 Å². The summed E-state index contributed by atoms with van der Waals surface area (Å²) >= 11 is 0. The zero-order valence-electron chi connectivity index (χ0n) is 16.4. The monoisotopic (exact) mass is 409 g/mol. The van der Waals surface area contributed by atoms with E-state index in [-0.39, 0.29) is 25.2 Å². The van der Waals surface area contributed by atoms with Gasteiger partial charge in [-0.1, -0.05) is 12.1 Å². The second kappa shape index (κ2) is 8.77. The van der Waals surface area contributed by atoms with Crippen molar-refractivity contribution < 1.29 is 23.7 Å². The average molecular weight is 409 g/mol. The average Bonchev–Trinajstić information content (AvgIpc) is 2.76. The molecule has 0 saturated carbocycles. The van der Waals surface area contributed by atoms with E-state index in [9.17, 15) is 4.79 Å². The van der Waals surface area contributed by atoms with E-state index in [0.29, 0.717) is 24.7 Å². The number of rotatable bonds is 7. The normalized spacial score (nSPS) is 17.5. The summed E-state index contributed by atoms with van der Waals surface area (Å²) in [5.41, 5.74) is 13.9. The second-order valence-corrected chi connectivity index (χ2v) is 6.95. The number of carbonyl (C=O) groups is 1. The number of primary amides is 1. The quantitative estimate of drug-likeness (QED) is 0.670. The van der Waals surface area contributed by atoms with Crippen LogP contribution in [0, 0.1) is 0 Å². The third-order valence-electron chi connectivity index (χ3n) is 4.68. The smallest absolute Gasteiger partial charge is 0.255 e. The standard InChI is InChI=1S/C22H23N3O5/c23-21(26)13-27-15-5-6-17-14(9-15)7-8-25-18(17)10-22(24)29-12-16-11-28-19-3-1-2-4-20(19)30-16/h1-6,9-10,16H,7-8,11-13,24H2,(H2,23,26). The molecule has 0 bridgehead atoms. The molecule has 1 unspecified atom stereocenters. The van der Waals surface area contributed by atoms with Gasteiger partial charge in [0.1, 0.15) is 19.0 Å². The Labute approximate surface area is 174 Å². The van der Waals surface area contributed by atoms with Crippen LogP contribution >= 0.6 is 0 Å². The van der Waals surface area contributed by atoms with Crippen molar-refractivity contribution >= 4 is 11.6 Å². The van der Waals surface area contributed by atoms with Crippen molar-refractivity contribution in [3.63, 3.8) is 0 Å². The SMILES string of the molecule is NC(=O)COc1ccc2c(c1)CCN=C2C=C(N)OCC1COc2ccccc2O1. The molecule has 2 aliphatic heterocycles. The van der Waals surface area contributed by atoms with E-state index in [1.807, 2.05) is 36.4 Å². The van der Waals surface area contributed by atoms with Gasteiger partial charge in [-0.2, -0.15) is 0 Å². The predicted octanol–water partition coefficient (Wildman–Crippen LogP) is 1.55. The Morgan fingerprint density at radius 1 is 1.20 bits per heavy atom. The van der Waals surface area contributed by atoms with Gasteiger partial charge in [0.2, 0.25) is 0 Å². The first-order valence-corrected chi connectivity index (χ1v) is 9.66. The Balaban J connectivity index is 1.38. The van der Waals surface area contributed by atoms with Gasteiger partial charge in [0.15, 0.2) is 30.1 Å². The second-order valence-electron chi connectivity index (χ2n) is 6.95. The molecule has 0 fully saturated rings. The molecule has 2 heterocycles. The van der Waals surface area contributed by atoms with Crippen molar-refractivity contribution in [1.82, 2.24) is 0 Å². The Hall–Kier alpha value is -3.68. The summed E-state index contributed by atoms with van der Waals surface area (Å²) in [6, 6.07) is 13.1. The molecule has 4 N–H and O–H groups in total. The van der Waals surface area contributed by atoms with Gasteiger partial charge >= 0.3 is 0 Å². The Kier molecular flexibility index (Phi) is 5.74. The lowest BCUT2D eigenvalue weighted by Crippen LogP contribution is -2.33. The zero-order valence-corrected chi connectivity index (χ0v) is 16.4. The maximum absolute atomic E-state index is 10.9. The molecule has 4 rings (SSSR count). The lowest BCUT2D eigenvalue weighted by atomic mass is 9.97. The van der Waals surface area contributed by atoms with Crippen LogP contribution in [0.2, 0.25) is 0 Å². The van der Waals surface area contributed by atoms with Crippen molar-refractivity contribution in [2.45, 2.75) is 12.5 Å². The van der Waals surface area contributed by atoms with Crippen LogP contribution in [0.15, 0.2) is 59.4 Å². The molecule has 1 atom stereocenters. The number of amides is 1. The predicted molar refractivity (Wildman–Crippen MR) is 111 cm³/mol. The minimum Gasteiger partial charge on any atom is -0.486 e. The van der Waals surface area contributed by atoms with E-state index in [1.54, 1.807) is 12.1 Å². The van der Waals surface area contributed by atoms with Crippen LogP contribution in [-0.2, 0) is 16.0 Å². The van der Waals surface area contributed by atoms with E-state index in [0.717, 1.165) is 29.0 Å². The van der Waals surface area contributed by atoms with Gasteiger partial charge in [0.25, 0.3) is 5.91 Å². The number of hydrogen-bond donors (Lipinski definition) is 2. The highest BCUT2D eigenvalue weighted by Gasteiger charge is 2.21. The number of benzene rings is 2. The number of nitrogens with two attached hydrogens (primary N) is 2. The number of aliphatic imine (C=N–C) groups is 1. The van der Waals surface area contributed by atoms with Gasteiger partial charge in [0.05, 0.1) is 5.71 Å². The fourth-order valence-electron chi connectivity index (χ4n) is 3.29. The molecule has 2 aliphatic rings. The molecule has 0 aliphatic carbocycles. The highest BCUT2D eigenvalue weighted by molar-refractivity contribution is 6.10. The van der Waals surface area contributed by atoms with Crippen LogP contribution in [0.3, 0.4) is 0 Å². The fraction of sp³-hybridized carbons (Fsp3) is 0.273. The van der Waals surface area contributed by atoms with Gasteiger partial charge in [-0.05, 0) is 42.3 Å². The summed E-state index contributed by atoms with van der Waals surface area (Å²) in [5, 5.41) is 0. The van der Waals surface area contributed by atoms with Crippen molar-refractivity contribution in [3.05, 3.63) is 65.6 Å². The first-order valence-electron chi connectivity index (χ1n) is 9.66. The summed E-state index contributed by atoms with van der Waals surface area (Å²) in [7, 11) is 0. The summed E-state index contributed by atoms with van der Waals surface area (Å²) in [6.07, 6.45) is 2.23. The van der Waals surface area contributed by atoms with Crippen LogP contribution in [0.5, 0.6) is 17.2 Å². The zero-order chi connectivity index (χ0) is 20.9. The molecule has 8 heteroatoms. The number of fused-ring (bicyclic) bond motifs is 2. The number of hydrogen-bond acceptors (Lipinski definition) is 7. The summed E-state index contributed by atoms with van der Waals surface area (Å²) in [5.74, 6) is 1.75. The Morgan fingerprint density at radius 3 is 2.87 bits per heavy atom. The van der Waals surface area contributed by atoms with Crippen molar-refractivity contribution in [1.29, 1.82) is 0 Å². The topological polar surface area (TPSA) is 118 Å². The first-order chi connectivity index (χ1) is 14.6. The fourth-order valence-corrected chi connectivity index (χ4v) is 3.29. The molecule has 2 aromatic rings. The lowest BCUT2D eigenvalue weighted by Gasteiger charge is -2.26. The van der Waals surface area contributed by atoms with E-state index >= 15 is 0 Å². The van der Waals surface area contributed by atoms with E-state index < -0.39 is 5.91 Å². The molecule has 0 aromatic heterocycles. The first kappa shape index (κ1) is 19.6. The largest absolute Gasteiger partial charge is 0.486 e. The summed E-state index contributed by atoms with van der Waals surface area (Å²) in [6.45, 7) is 1.12. The number of para-hydroxylation sites is 2. The van der Waals surface area contributed by atoms with Gasteiger partial charge in [0, 0.05) is 18.2 Å². The molecule has 0 saturated heterocycles. The number of ether oxygens (including phenoxy) is 4. The minimum atomic E-state index is -0.515. The molecule has 2 aromatic carbocycles. The molecule has 30 heavy (non-hydrogen) atoms. The third kappa shape index (κ3) is 4.65. The van der Waals surface area contributed by atoms with Gasteiger partial charge in [-0.3, -0.25) is 9.79 Å². The molecule has 156 valence electrons. The molecular formula is C22H23N3O5. The Bertz CT molecular complexity index is 1000. The highest BCUT2D eigenvalue weighted by Crippen LogP contribution is 2.31. The lowest BCUT2D eigenvalue weighted by molar-refractivity contribution is -0.119. The van der Waals surface area contributed by atoms with Crippen molar-refractivity contribution in [3.8, 4) is 17.2 Å². The summed E-state index contributed by atoms with van der Waals surface area (Å²) < 4.78 is 22.6. The number of carbonyl (C=O) groups excluding carboxylic acids is 1. The van der Waals surface area contributed by atoms with Gasteiger partial charge < -0.3 is 30.4 Å². The molecule has 8 nitrogen and oxygen atoms in total. The van der Waals surface area contributed by atoms with E-state index in [4.69, 9.17) is 30.4 Å². The molecule has 0 radical (unpaired) electrons. The van der Waals surface area contributed by atoms with Crippen LogP contribution in [-0.4, -0.2) is 44.1 Å². The van der Waals surface area contributed by atoms with Crippen molar-refractivity contribution in [2.24, 2.45) is 16.5 Å². The maximum atomic E-state index is 10.9. The molecule has 1 amide bonds. The van der Waals surface area contributed by atoms with Gasteiger partial charge in [-0.15, -0.1) is 0 Å². The summed E-state index contributed by atoms with van der Waals surface area (Å²) in [4.78, 5) is 15.4. The Morgan fingerprint density at radius 2 is 2.03 bits per heavy atom. The third-order valence-corrected chi connectivity index (χ3v) is 4.68. The molecular weight excluding hydrogens is 386 g/mol. The van der Waals surface area contributed by atoms with E-state index in [1.165, 1.54) is 0 Å². The molecule has 0 spiro atoms. The number of nitrogens with zero attached hydrogens (tertiary/aromatic N) is 1. The van der Waals surface area contributed by atoms with Crippen LogP contribution in [0.4, 0.5) is 0 Å². The minimum absolute atomic E-state index is 0.155. The maximum Gasteiger partial charge on any atom is 0.255 e. The highest BCUT2D eigenvalue weighted by atomic mass is 16.6. The van der Waals surface area contributed by atoms with Crippen LogP contribution in [0.1, 0.15) is 11.1 Å². The van der Waals surface area contributed by atoms with Gasteiger partial charge in [-0.25, -0.2) is 0 Å². The number of allylic oxidation sites excluding steroid dienone is 1. The van der Waals surface area contributed by atoms with Crippen LogP contribution in [0.25, 0.3) is 0 Å². The van der Waals surface area contributed by atoms with Crippen molar-refractivity contribution in [2.75, 3.05) is 26.4 Å².